The van der Waals surface area contributed by atoms with Gasteiger partial charge in [-0.25, -0.2) is 0 Å². The molecule has 0 aliphatic heterocycles. The van der Waals surface area contributed by atoms with Gasteiger partial charge in [0.1, 0.15) is 0 Å². The third-order valence-corrected chi connectivity index (χ3v) is 7.09. The second-order valence-corrected chi connectivity index (χ2v) is 9.87. The van der Waals surface area contributed by atoms with E-state index in [1.807, 2.05) is 36.4 Å². The van der Waals surface area contributed by atoms with E-state index >= 15 is 0 Å². The topological polar surface area (TPSA) is 114 Å². The highest BCUT2D eigenvalue weighted by Gasteiger charge is 2.26. The summed E-state index contributed by atoms with van der Waals surface area (Å²) in [5.74, 6) is 2.75. The van der Waals surface area contributed by atoms with Crippen LogP contribution in [-0.2, 0) is 9.59 Å². The van der Waals surface area contributed by atoms with Gasteiger partial charge in [0.25, 0.3) is 0 Å². The van der Waals surface area contributed by atoms with E-state index < -0.39 is 0 Å². The molecule has 2 N–H and O–H groups in total. The number of nitrogens with one attached hydrogen (secondary N) is 2. The Hall–Kier alpha value is -4.86. The highest BCUT2D eigenvalue weighted by Crippen LogP contribution is 2.39. The zero-order valence-electron chi connectivity index (χ0n) is 26.2. The van der Waals surface area contributed by atoms with E-state index in [4.69, 9.17) is 28.4 Å². The number of ether oxygens (including phenoxy) is 6. The first-order valence-electron chi connectivity index (χ1n) is 14.3. The fourth-order valence-corrected chi connectivity index (χ4v) is 4.95. The molecule has 0 spiro atoms. The van der Waals surface area contributed by atoms with Crippen LogP contribution < -0.4 is 39.1 Å². The number of hydrogen-bond donors (Lipinski definition) is 2. The summed E-state index contributed by atoms with van der Waals surface area (Å²) in [5.41, 5.74) is 1.65. The van der Waals surface area contributed by atoms with E-state index in [-0.39, 0.29) is 23.9 Å². The molecule has 2 aromatic rings. The van der Waals surface area contributed by atoms with Gasteiger partial charge < -0.3 is 39.1 Å². The minimum Gasteiger partial charge on any atom is -0.493 e. The summed E-state index contributed by atoms with van der Waals surface area (Å²) in [6.07, 6.45) is 17.0. The molecule has 2 unspecified atom stereocenters. The molecule has 0 radical (unpaired) electrons. The smallest absolute Gasteiger partial charge is 0.244 e. The van der Waals surface area contributed by atoms with Crippen LogP contribution in [0.3, 0.4) is 0 Å². The Morgan fingerprint density at radius 3 is 1.20 bits per heavy atom. The molecule has 44 heavy (non-hydrogen) atoms. The third-order valence-electron chi connectivity index (χ3n) is 7.09. The minimum absolute atomic E-state index is 0.160. The van der Waals surface area contributed by atoms with Gasteiger partial charge in [0, 0.05) is 24.2 Å². The van der Waals surface area contributed by atoms with Crippen LogP contribution in [-0.4, -0.2) is 66.6 Å². The number of benzene rings is 2. The summed E-state index contributed by atoms with van der Waals surface area (Å²) < 4.78 is 32.2. The SMILES string of the molecule is COc1cc(C=CC=CC(=O)NC2CCCCC2NC(=O)C=CC=Cc2cc(OC)c(OC)c(OC)c2)cc(OC)c1OC. The molecule has 10 nitrogen and oxygen atoms in total. The van der Waals surface area contributed by atoms with E-state index in [9.17, 15) is 9.59 Å². The van der Waals surface area contributed by atoms with Crippen molar-refractivity contribution in [3.8, 4) is 34.5 Å². The molecular formula is C34H42N2O8. The van der Waals surface area contributed by atoms with Gasteiger partial charge in [-0.1, -0.05) is 49.3 Å². The van der Waals surface area contributed by atoms with E-state index in [1.54, 1.807) is 67.0 Å². The average molecular weight is 607 g/mol. The second kappa shape index (κ2) is 17.3. The maximum absolute atomic E-state index is 12.7. The number of hydrogen-bond acceptors (Lipinski definition) is 8. The van der Waals surface area contributed by atoms with Gasteiger partial charge in [0.2, 0.25) is 23.3 Å². The molecule has 1 aliphatic carbocycles. The molecule has 0 aromatic heterocycles. The van der Waals surface area contributed by atoms with Crippen LogP contribution in [0.5, 0.6) is 34.5 Å². The third kappa shape index (κ3) is 9.32. The molecule has 3 rings (SSSR count). The molecule has 2 amide bonds. The van der Waals surface area contributed by atoms with Gasteiger partial charge >= 0.3 is 0 Å². The van der Waals surface area contributed by atoms with E-state index in [1.165, 1.54) is 12.2 Å². The number of amides is 2. The Labute approximate surface area is 259 Å². The molecule has 2 atom stereocenters. The Morgan fingerprint density at radius 2 is 0.909 bits per heavy atom. The van der Waals surface area contributed by atoms with Crippen LogP contribution in [0.15, 0.2) is 60.7 Å². The predicted octanol–water partition coefficient (Wildman–Crippen LogP) is 5.12. The van der Waals surface area contributed by atoms with E-state index in [0.29, 0.717) is 34.5 Å². The second-order valence-electron chi connectivity index (χ2n) is 9.87. The Bertz CT molecular complexity index is 1240. The summed E-state index contributed by atoms with van der Waals surface area (Å²) in [5, 5.41) is 6.08. The van der Waals surface area contributed by atoms with Crippen molar-refractivity contribution < 1.29 is 38.0 Å². The van der Waals surface area contributed by atoms with Crippen molar-refractivity contribution in [1.82, 2.24) is 10.6 Å². The Balaban J connectivity index is 1.56. The molecular weight excluding hydrogens is 564 g/mol. The van der Waals surface area contributed by atoms with Crippen molar-refractivity contribution in [3.63, 3.8) is 0 Å². The summed E-state index contributed by atoms with van der Waals surface area (Å²) in [7, 11) is 9.34. The number of carbonyl (C=O) groups is 2. The maximum Gasteiger partial charge on any atom is 0.244 e. The Morgan fingerprint density at radius 1 is 0.568 bits per heavy atom. The first-order chi connectivity index (χ1) is 21.4. The fraction of sp³-hybridized carbons (Fsp3) is 0.353. The number of methoxy groups -OCH3 is 6. The first-order valence-corrected chi connectivity index (χ1v) is 14.3. The van der Waals surface area contributed by atoms with Crippen molar-refractivity contribution in [3.05, 3.63) is 71.8 Å². The lowest BCUT2D eigenvalue weighted by molar-refractivity contribution is -0.120. The van der Waals surface area contributed by atoms with Crippen molar-refractivity contribution in [2.24, 2.45) is 0 Å². The van der Waals surface area contributed by atoms with Gasteiger partial charge in [-0.15, -0.1) is 0 Å². The summed E-state index contributed by atoms with van der Waals surface area (Å²) >= 11 is 0. The lowest BCUT2D eigenvalue weighted by Gasteiger charge is -2.32. The fourth-order valence-electron chi connectivity index (χ4n) is 4.95. The highest BCUT2D eigenvalue weighted by atomic mass is 16.5. The normalized spacial score (nSPS) is 16.8. The van der Waals surface area contributed by atoms with E-state index in [0.717, 1.165) is 36.8 Å². The van der Waals surface area contributed by atoms with E-state index in [2.05, 4.69) is 10.6 Å². The van der Waals surface area contributed by atoms with Crippen LogP contribution in [0.25, 0.3) is 12.2 Å². The van der Waals surface area contributed by atoms with Crippen LogP contribution in [0.1, 0.15) is 36.8 Å². The van der Waals surface area contributed by atoms with Gasteiger partial charge in [-0.3, -0.25) is 9.59 Å². The first kappa shape index (κ1) is 33.6. The van der Waals surface area contributed by atoms with Gasteiger partial charge in [0.05, 0.1) is 42.7 Å². The standard InChI is InChI=1S/C34H42N2O8/c1-39-27-19-23(20-28(40-2)33(27)43-5)13-7-11-17-31(37)35-25-15-9-10-16-26(25)36-32(38)18-12-8-14-24-21-29(41-3)34(44-6)30(22-24)42-4/h7-8,11-14,17-22,25-26H,9-10,15-16H2,1-6H3,(H,35,37)(H,36,38). The lowest BCUT2D eigenvalue weighted by Crippen LogP contribution is -2.52. The number of carbonyl (C=O) groups excluding carboxylic acids is 2. The molecule has 2 aromatic carbocycles. The van der Waals surface area contributed by atoms with Crippen LogP contribution >= 0.6 is 0 Å². The summed E-state index contributed by atoms with van der Waals surface area (Å²) in [4.78, 5) is 25.3. The van der Waals surface area contributed by atoms with Crippen molar-refractivity contribution >= 4 is 24.0 Å². The largest absolute Gasteiger partial charge is 0.493 e. The molecule has 236 valence electrons. The van der Waals surface area contributed by atoms with Gasteiger partial charge in [0.15, 0.2) is 23.0 Å². The van der Waals surface area contributed by atoms with Gasteiger partial charge in [-0.2, -0.15) is 0 Å². The van der Waals surface area contributed by atoms with Gasteiger partial charge in [-0.05, 0) is 48.2 Å². The molecule has 0 saturated heterocycles. The lowest BCUT2D eigenvalue weighted by atomic mass is 9.90. The molecule has 10 heteroatoms. The van der Waals surface area contributed by atoms with Crippen LogP contribution in [0.2, 0.25) is 0 Å². The number of rotatable bonds is 14. The van der Waals surface area contributed by atoms with Crippen molar-refractivity contribution in [1.29, 1.82) is 0 Å². The highest BCUT2D eigenvalue weighted by molar-refractivity contribution is 5.89. The maximum atomic E-state index is 12.7. The molecule has 1 aliphatic rings. The van der Waals surface area contributed by atoms with Crippen LogP contribution in [0, 0.1) is 0 Å². The molecule has 0 bridgehead atoms. The zero-order chi connectivity index (χ0) is 31.9. The zero-order valence-corrected chi connectivity index (χ0v) is 26.2. The minimum atomic E-state index is -0.227. The molecule has 1 saturated carbocycles. The summed E-state index contributed by atoms with van der Waals surface area (Å²) in [6, 6.07) is 6.95. The Kier molecular flexibility index (Phi) is 13.2. The van der Waals surface area contributed by atoms with Crippen LogP contribution in [0.4, 0.5) is 0 Å². The monoisotopic (exact) mass is 606 g/mol. The molecule has 1 fully saturated rings. The average Bonchev–Trinajstić information content (AvgIpc) is 3.04. The summed E-state index contributed by atoms with van der Waals surface area (Å²) in [6.45, 7) is 0. The molecule has 0 heterocycles. The quantitative estimate of drug-likeness (QED) is 0.225. The number of allylic oxidation sites excluding steroid dienone is 4. The van der Waals surface area contributed by atoms with Crippen molar-refractivity contribution in [2.75, 3.05) is 42.7 Å². The van der Waals surface area contributed by atoms with Crippen molar-refractivity contribution in [2.45, 2.75) is 37.8 Å². The predicted molar refractivity (Wildman–Crippen MR) is 171 cm³/mol.